The standard InChI is InChI=1S/C30H42BNO5.C25H33NO3/c1-27(2,3)22-15-13-21(14-16-22)25(33)32-24(26(34)35-28(4,5)6)19-20-11-17-23(18-12-20)31-36-29(7,8)30(9,10)37-31;1-17-8-10-18(11-9-17)16-21(23(28)29-25(5,6)7)26-22(27)19-12-14-20(15-13-19)24(2,3)4/h11-18,24H,19H2,1-10H3,(H,32,33);8-15,21H,16H2,1-7H3,(H,26,27)/t24-;21-/m00/s1. The molecule has 0 saturated carbocycles. The van der Waals surface area contributed by atoms with Crippen LogP contribution in [-0.4, -0.2) is 65.4 Å². The van der Waals surface area contributed by atoms with Crippen molar-refractivity contribution in [2.45, 2.75) is 176 Å². The van der Waals surface area contributed by atoms with Gasteiger partial charge in [0.2, 0.25) is 0 Å². The molecule has 0 radical (unpaired) electrons. The summed E-state index contributed by atoms with van der Waals surface area (Å²) in [6, 6.07) is 29.1. The van der Waals surface area contributed by atoms with Crippen molar-refractivity contribution in [3.05, 3.63) is 136 Å². The van der Waals surface area contributed by atoms with Crippen molar-refractivity contribution in [2.75, 3.05) is 0 Å². The first-order chi connectivity index (χ1) is 30.2. The van der Waals surface area contributed by atoms with Gasteiger partial charge >= 0.3 is 19.1 Å². The van der Waals surface area contributed by atoms with Gasteiger partial charge in [-0.15, -0.1) is 0 Å². The van der Waals surface area contributed by atoms with Crippen LogP contribution in [0.4, 0.5) is 0 Å². The monoisotopic (exact) mass is 903 g/mol. The number of benzene rings is 4. The van der Waals surface area contributed by atoms with Gasteiger partial charge in [-0.1, -0.05) is 120 Å². The number of ether oxygens (including phenoxy) is 2. The lowest BCUT2D eigenvalue weighted by Crippen LogP contribution is -2.45. The third kappa shape index (κ3) is 15.7. The Labute approximate surface area is 395 Å². The summed E-state index contributed by atoms with van der Waals surface area (Å²) in [5, 5.41) is 5.75. The highest BCUT2D eigenvalue weighted by Crippen LogP contribution is 2.36. The average molecular weight is 903 g/mol. The molecule has 1 aliphatic heterocycles. The Kier molecular flexibility index (Phi) is 16.8. The fraction of sp³-hybridized carbons (Fsp3) is 0.491. The second-order valence-corrected chi connectivity index (χ2v) is 22.5. The number of amides is 2. The van der Waals surface area contributed by atoms with Crippen LogP contribution < -0.4 is 16.1 Å². The smallest absolute Gasteiger partial charge is 0.458 e. The van der Waals surface area contributed by atoms with Crippen molar-refractivity contribution in [2.24, 2.45) is 0 Å². The minimum absolute atomic E-state index is 0.0134. The molecule has 2 atom stereocenters. The van der Waals surface area contributed by atoms with Crippen molar-refractivity contribution < 1.29 is 38.0 Å². The van der Waals surface area contributed by atoms with Gasteiger partial charge in [-0.3, -0.25) is 9.59 Å². The van der Waals surface area contributed by atoms with Gasteiger partial charge < -0.3 is 29.4 Å². The molecule has 0 aliphatic carbocycles. The Hall–Kier alpha value is -5.26. The summed E-state index contributed by atoms with van der Waals surface area (Å²) < 4.78 is 23.5. The van der Waals surface area contributed by atoms with Crippen molar-refractivity contribution in [3.8, 4) is 0 Å². The summed E-state index contributed by atoms with van der Waals surface area (Å²) in [6.45, 7) is 33.7. The van der Waals surface area contributed by atoms with Crippen LogP contribution in [0.25, 0.3) is 0 Å². The fourth-order valence-corrected chi connectivity index (χ4v) is 6.84. The van der Waals surface area contributed by atoms with Crippen LogP contribution >= 0.6 is 0 Å². The zero-order chi connectivity index (χ0) is 49.6. The Balaban J connectivity index is 0.000000297. The number of nitrogens with one attached hydrogen (secondary N) is 2. The molecule has 4 aromatic rings. The Morgan fingerprint density at radius 1 is 0.515 bits per heavy atom. The molecule has 356 valence electrons. The minimum Gasteiger partial charge on any atom is -0.458 e. The van der Waals surface area contributed by atoms with E-state index in [4.69, 9.17) is 18.8 Å². The molecule has 5 rings (SSSR count). The zero-order valence-electron chi connectivity index (χ0n) is 42.6. The topological polar surface area (TPSA) is 129 Å². The molecule has 10 nitrogen and oxygen atoms in total. The number of esters is 2. The fourth-order valence-electron chi connectivity index (χ4n) is 6.84. The molecule has 0 spiro atoms. The first-order valence-electron chi connectivity index (χ1n) is 23.0. The van der Waals surface area contributed by atoms with E-state index < -0.39 is 53.5 Å². The number of carbonyl (C=O) groups excluding carboxylic acids is 4. The second-order valence-electron chi connectivity index (χ2n) is 22.5. The van der Waals surface area contributed by atoms with Gasteiger partial charge in [0, 0.05) is 24.0 Å². The van der Waals surface area contributed by atoms with E-state index in [1.807, 2.05) is 149 Å². The largest absolute Gasteiger partial charge is 0.494 e. The van der Waals surface area contributed by atoms with Crippen LogP contribution in [0.15, 0.2) is 97.1 Å². The van der Waals surface area contributed by atoms with E-state index in [0.29, 0.717) is 24.0 Å². The van der Waals surface area contributed by atoms with Crippen LogP contribution in [-0.2, 0) is 52.0 Å². The van der Waals surface area contributed by atoms with Crippen molar-refractivity contribution in [1.29, 1.82) is 0 Å². The molecular weight excluding hydrogens is 827 g/mol. The molecule has 1 saturated heterocycles. The van der Waals surface area contributed by atoms with E-state index in [1.54, 1.807) is 24.3 Å². The molecule has 1 aliphatic rings. The molecule has 1 fully saturated rings. The minimum atomic E-state index is -0.836. The van der Waals surface area contributed by atoms with Gasteiger partial charge in [-0.25, -0.2) is 9.59 Å². The Morgan fingerprint density at radius 3 is 1.14 bits per heavy atom. The van der Waals surface area contributed by atoms with Gasteiger partial charge in [0.1, 0.15) is 23.3 Å². The van der Waals surface area contributed by atoms with Crippen LogP contribution in [0.1, 0.15) is 159 Å². The first kappa shape index (κ1) is 53.4. The van der Waals surface area contributed by atoms with Crippen LogP contribution in [0.3, 0.4) is 0 Å². The number of hydrogen-bond acceptors (Lipinski definition) is 8. The van der Waals surface area contributed by atoms with E-state index in [2.05, 4.69) is 52.2 Å². The number of aryl methyl sites for hydroxylation is 1. The third-order valence-corrected chi connectivity index (χ3v) is 11.5. The SMILES string of the molecule is CC(C)(C)OC(=O)[C@H](Cc1ccc(B2OC(C)(C)C(C)(C)O2)cc1)NC(=O)c1ccc(C(C)(C)C)cc1.Cc1ccc(C[C@H](NC(=O)c2ccc(C(C)(C)C)cc2)C(=O)OC(C)(C)C)cc1. The van der Waals surface area contributed by atoms with Gasteiger partial charge in [0.05, 0.1) is 11.2 Å². The van der Waals surface area contributed by atoms with Crippen molar-refractivity contribution in [3.63, 3.8) is 0 Å². The summed E-state index contributed by atoms with van der Waals surface area (Å²) in [5.41, 5.74) is 5.07. The highest BCUT2D eigenvalue weighted by molar-refractivity contribution is 6.62. The maximum Gasteiger partial charge on any atom is 0.494 e. The second kappa shape index (κ2) is 20.7. The molecular formula is C55H75BN2O8. The first-order valence-corrected chi connectivity index (χ1v) is 23.0. The molecule has 2 N–H and O–H groups in total. The lowest BCUT2D eigenvalue weighted by Gasteiger charge is -2.32. The summed E-state index contributed by atoms with van der Waals surface area (Å²) in [4.78, 5) is 51.7. The van der Waals surface area contributed by atoms with E-state index in [-0.39, 0.29) is 22.6 Å². The van der Waals surface area contributed by atoms with Gasteiger partial charge in [0.25, 0.3) is 11.8 Å². The quantitative estimate of drug-likeness (QED) is 0.113. The maximum absolute atomic E-state index is 13.1. The van der Waals surface area contributed by atoms with Crippen LogP contribution in [0, 0.1) is 6.92 Å². The molecule has 1 heterocycles. The highest BCUT2D eigenvalue weighted by atomic mass is 16.7. The number of carbonyl (C=O) groups is 4. The normalized spacial score (nSPS) is 15.7. The van der Waals surface area contributed by atoms with Gasteiger partial charge in [-0.05, 0) is 139 Å². The maximum atomic E-state index is 13.1. The summed E-state index contributed by atoms with van der Waals surface area (Å²) in [5.74, 6) is -1.50. The molecule has 66 heavy (non-hydrogen) atoms. The Morgan fingerprint density at radius 2 is 0.833 bits per heavy atom. The number of hydrogen-bond donors (Lipinski definition) is 2. The predicted octanol–water partition coefficient (Wildman–Crippen LogP) is 9.94. The van der Waals surface area contributed by atoms with Crippen LogP contribution in [0.2, 0.25) is 0 Å². The summed E-state index contributed by atoms with van der Waals surface area (Å²) >= 11 is 0. The molecule has 2 amide bonds. The molecule has 11 heteroatoms. The zero-order valence-corrected chi connectivity index (χ0v) is 42.6. The van der Waals surface area contributed by atoms with Gasteiger partial charge in [-0.2, -0.15) is 0 Å². The van der Waals surface area contributed by atoms with Crippen LogP contribution in [0.5, 0.6) is 0 Å². The van der Waals surface area contributed by atoms with Crippen molar-refractivity contribution >= 4 is 36.3 Å². The summed E-state index contributed by atoms with van der Waals surface area (Å²) in [6.07, 6.45) is 0.672. The van der Waals surface area contributed by atoms with Crippen molar-refractivity contribution in [1.82, 2.24) is 10.6 Å². The van der Waals surface area contributed by atoms with Gasteiger partial charge in [0.15, 0.2) is 0 Å². The van der Waals surface area contributed by atoms with E-state index in [9.17, 15) is 19.2 Å². The molecule has 0 bridgehead atoms. The van der Waals surface area contributed by atoms with E-state index in [1.165, 1.54) is 0 Å². The lowest BCUT2D eigenvalue weighted by molar-refractivity contribution is -0.158. The molecule has 0 aromatic heterocycles. The average Bonchev–Trinajstić information content (AvgIpc) is 3.42. The predicted molar refractivity (Wildman–Crippen MR) is 265 cm³/mol. The van der Waals surface area contributed by atoms with E-state index >= 15 is 0 Å². The molecule has 4 aromatic carbocycles. The third-order valence-electron chi connectivity index (χ3n) is 11.5. The number of rotatable bonds is 11. The highest BCUT2D eigenvalue weighted by Gasteiger charge is 2.51. The summed E-state index contributed by atoms with van der Waals surface area (Å²) in [7, 11) is -0.462. The molecule has 0 unspecified atom stereocenters. The lowest BCUT2D eigenvalue weighted by atomic mass is 9.78. The Bertz CT molecular complexity index is 2260. The van der Waals surface area contributed by atoms with E-state index in [0.717, 1.165) is 33.3 Å².